The highest BCUT2D eigenvalue weighted by molar-refractivity contribution is 6.09. The summed E-state index contributed by atoms with van der Waals surface area (Å²) in [5, 5.41) is 2.33. The molecule has 5 nitrogen and oxygen atoms in total. The maximum atomic E-state index is 6.84. The summed E-state index contributed by atoms with van der Waals surface area (Å²) >= 11 is 0. The fraction of sp³-hybridized carbons (Fsp3) is 0.222. The van der Waals surface area contributed by atoms with Gasteiger partial charge in [0.15, 0.2) is 0 Å². The molecule has 7 aromatic carbocycles. The lowest BCUT2D eigenvalue weighted by molar-refractivity contribution is 0.481. The quantitative estimate of drug-likeness (QED) is 0.130. The lowest BCUT2D eigenvalue weighted by Gasteiger charge is -2.33. The molecule has 2 aromatic heterocycles. The van der Waals surface area contributed by atoms with E-state index in [1.54, 1.807) is 0 Å². The highest BCUT2D eigenvalue weighted by Crippen LogP contribution is 2.44. The highest BCUT2D eigenvalue weighted by Gasteiger charge is 2.34. The van der Waals surface area contributed by atoms with E-state index in [-0.39, 0.29) is 21.7 Å². The van der Waals surface area contributed by atoms with Gasteiger partial charge in [0.05, 0.1) is 17.7 Å². The molecule has 0 unspecified atom stereocenters. The van der Waals surface area contributed by atoms with Crippen LogP contribution >= 0.6 is 0 Å². The van der Waals surface area contributed by atoms with Crippen molar-refractivity contribution < 1.29 is 4.74 Å². The van der Waals surface area contributed by atoms with E-state index < -0.39 is 0 Å². The standard InChI is InChI=1S/C63H62N4O/c1-60(2,3)58-42-65(51-37-48(62(6,7)45-24-15-11-16-25-45)36-49(38-51)63(8,9)46-26-17-12-18-27-46)43-66(58)50-28-21-29-52(40-50)68-53-32-33-55-54-30-19-20-31-56(54)67(57(55)41-53)59-39-47(34-35-64-59)61(4,5)44-22-13-10-14-23-44/h10-42H,43H2,1-9H3. The van der Waals surface area contributed by atoms with Crippen molar-refractivity contribution in [3.8, 4) is 17.3 Å². The first-order valence-electron chi connectivity index (χ1n) is 24.0. The van der Waals surface area contributed by atoms with Gasteiger partial charge in [0, 0.05) is 74.0 Å². The maximum absolute atomic E-state index is 6.84. The fourth-order valence-corrected chi connectivity index (χ4v) is 10.1. The summed E-state index contributed by atoms with van der Waals surface area (Å²) in [5.41, 5.74) is 12.5. The number of ether oxygens (including phenoxy) is 1. The van der Waals surface area contributed by atoms with Crippen LogP contribution in [0.2, 0.25) is 0 Å². The van der Waals surface area contributed by atoms with E-state index in [0.29, 0.717) is 6.67 Å². The number of aromatic nitrogens is 2. The van der Waals surface area contributed by atoms with Crippen molar-refractivity contribution in [1.82, 2.24) is 9.55 Å². The first-order valence-corrected chi connectivity index (χ1v) is 24.0. The van der Waals surface area contributed by atoms with Crippen LogP contribution in [0, 0.1) is 5.41 Å². The predicted molar refractivity (Wildman–Crippen MR) is 285 cm³/mol. The molecule has 0 aliphatic carbocycles. The van der Waals surface area contributed by atoms with E-state index in [1.165, 1.54) is 50.2 Å². The van der Waals surface area contributed by atoms with Gasteiger partial charge >= 0.3 is 0 Å². The minimum atomic E-state index is -0.225. The molecule has 0 saturated carbocycles. The summed E-state index contributed by atoms with van der Waals surface area (Å²) in [6.07, 6.45) is 4.30. The molecule has 1 aliphatic rings. The first kappa shape index (κ1) is 44.5. The van der Waals surface area contributed by atoms with Gasteiger partial charge < -0.3 is 14.5 Å². The summed E-state index contributed by atoms with van der Waals surface area (Å²) in [4.78, 5) is 9.86. The van der Waals surface area contributed by atoms with Gasteiger partial charge in [0.1, 0.15) is 17.3 Å². The van der Waals surface area contributed by atoms with Crippen molar-refractivity contribution >= 4 is 33.2 Å². The summed E-state index contributed by atoms with van der Waals surface area (Å²) < 4.78 is 9.12. The lowest BCUT2D eigenvalue weighted by Crippen LogP contribution is -2.31. The third-order valence-electron chi connectivity index (χ3n) is 14.5. The van der Waals surface area contributed by atoms with Crippen LogP contribution in [0.1, 0.15) is 95.7 Å². The first-order chi connectivity index (χ1) is 32.6. The largest absolute Gasteiger partial charge is 0.457 e. The molecular formula is C63H62N4O. The normalized spacial score (nSPS) is 13.6. The second kappa shape index (κ2) is 17.1. The Hall–Kier alpha value is -7.37. The Balaban J connectivity index is 1.000. The van der Waals surface area contributed by atoms with Gasteiger partial charge in [-0.3, -0.25) is 4.57 Å². The predicted octanol–water partition coefficient (Wildman–Crippen LogP) is 16.1. The van der Waals surface area contributed by atoms with E-state index in [0.717, 1.165) is 39.4 Å². The number of hydrogen-bond donors (Lipinski definition) is 0. The number of pyridine rings is 1. The van der Waals surface area contributed by atoms with Gasteiger partial charge in [-0.25, -0.2) is 4.98 Å². The number of rotatable bonds is 11. The van der Waals surface area contributed by atoms with E-state index in [2.05, 4.69) is 271 Å². The molecule has 0 bridgehead atoms. The van der Waals surface area contributed by atoms with Crippen molar-refractivity contribution in [2.75, 3.05) is 16.5 Å². The molecular weight excluding hydrogens is 829 g/mol. The number of anilines is 2. The number of para-hydroxylation sites is 1. The minimum absolute atomic E-state index is 0.140. The van der Waals surface area contributed by atoms with Gasteiger partial charge in [-0.1, -0.05) is 184 Å². The van der Waals surface area contributed by atoms with Crippen LogP contribution < -0.4 is 14.5 Å². The molecule has 0 fully saturated rings. The second-order valence-corrected chi connectivity index (χ2v) is 21.1. The van der Waals surface area contributed by atoms with Crippen molar-refractivity contribution in [3.05, 3.63) is 240 Å². The van der Waals surface area contributed by atoms with Crippen molar-refractivity contribution in [3.63, 3.8) is 0 Å². The van der Waals surface area contributed by atoms with E-state index in [1.807, 2.05) is 6.20 Å². The van der Waals surface area contributed by atoms with Crippen LogP contribution in [0.3, 0.4) is 0 Å². The number of nitrogens with zero attached hydrogens (tertiary/aromatic N) is 4. The van der Waals surface area contributed by atoms with Crippen molar-refractivity contribution in [2.24, 2.45) is 5.41 Å². The molecule has 0 radical (unpaired) electrons. The Labute approximate surface area is 403 Å². The Morgan fingerprint density at radius 1 is 0.426 bits per heavy atom. The maximum Gasteiger partial charge on any atom is 0.137 e. The summed E-state index contributed by atoms with van der Waals surface area (Å²) in [6, 6.07) is 67.7. The SMILES string of the molecule is CC(C)(C)C1=CN(c2cc(C(C)(C)c3ccccc3)cc(C(C)(C)c3ccccc3)c2)CN1c1cccc(Oc2ccc3c4ccccc4n(-c4cc(C(C)(C)c5ccccc5)ccn4)c3c2)c1. The van der Waals surface area contributed by atoms with Gasteiger partial charge in [-0.15, -0.1) is 0 Å². The zero-order valence-corrected chi connectivity index (χ0v) is 41.0. The van der Waals surface area contributed by atoms with Gasteiger partial charge in [-0.05, 0) is 88.0 Å². The van der Waals surface area contributed by atoms with Crippen LogP contribution in [0.5, 0.6) is 11.5 Å². The molecule has 0 atom stereocenters. The smallest absolute Gasteiger partial charge is 0.137 e. The highest BCUT2D eigenvalue weighted by atomic mass is 16.5. The van der Waals surface area contributed by atoms with Gasteiger partial charge in [-0.2, -0.15) is 0 Å². The summed E-state index contributed by atoms with van der Waals surface area (Å²) in [7, 11) is 0. The average molecular weight is 891 g/mol. The van der Waals surface area contributed by atoms with Crippen LogP contribution in [0.4, 0.5) is 11.4 Å². The molecule has 3 heterocycles. The fourth-order valence-electron chi connectivity index (χ4n) is 10.1. The molecule has 340 valence electrons. The summed E-state index contributed by atoms with van der Waals surface area (Å²) in [6.45, 7) is 21.5. The molecule has 0 amide bonds. The van der Waals surface area contributed by atoms with Crippen molar-refractivity contribution in [1.29, 1.82) is 0 Å². The van der Waals surface area contributed by atoms with Crippen LogP contribution in [0.25, 0.3) is 27.6 Å². The third-order valence-corrected chi connectivity index (χ3v) is 14.5. The molecule has 1 aliphatic heterocycles. The zero-order chi connectivity index (χ0) is 47.4. The monoisotopic (exact) mass is 890 g/mol. The second-order valence-electron chi connectivity index (χ2n) is 21.1. The molecule has 0 N–H and O–H groups in total. The Kier molecular flexibility index (Phi) is 11.2. The molecule has 68 heavy (non-hydrogen) atoms. The minimum Gasteiger partial charge on any atom is -0.457 e. The van der Waals surface area contributed by atoms with Crippen LogP contribution in [-0.2, 0) is 16.2 Å². The van der Waals surface area contributed by atoms with Crippen molar-refractivity contribution in [2.45, 2.75) is 78.6 Å². The van der Waals surface area contributed by atoms with Crippen LogP contribution in [0.15, 0.2) is 206 Å². The number of fused-ring (bicyclic) bond motifs is 3. The Morgan fingerprint density at radius 2 is 0.971 bits per heavy atom. The molecule has 0 saturated heterocycles. The molecule has 0 spiro atoms. The third kappa shape index (κ3) is 8.14. The Morgan fingerprint density at radius 3 is 1.57 bits per heavy atom. The zero-order valence-electron chi connectivity index (χ0n) is 41.0. The topological polar surface area (TPSA) is 33.5 Å². The Bertz CT molecular complexity index is 3230. The van der Waals surface area contributed by atoms with E-state index in [4.69, 9.17) is 9.72 Å². The molecule has 10 rings (SSSR count). The molecule has 5 heteroatoms. The number of benzene rings is 7. The van der Waals surface area contributed by atoms with Crippen LogP contribution in [-0.4, -0.2) is 16.2 Å². The van der Waals surface area contributed by atoms with E-state index in [9.17, 15) is 0 Å². The van der Waals surface area contributed by atoms with E-state index >= 15 is 0 Å². The lowest BCUT2D eigenvalue weighted by atomic mass is 9.73. The number of hydrogen-bond acceptors (Lipinski definition) is 4. The van der Waals surface area contributed by atoms with Gasteiger partial charge in [0.25, 0.3) is 0 Å². The number of allylic oxidation sites excluding steroid dienone is 1. The molecule has 9 aromatic rings. The average Bonchev–Trinajstić information content (AvgIpc) is 3.96. The van der Waals surface area contributed by atoms with Gasteiger partial charge in [0.2, 0.25) is 0 Å². The summed E-state index contributed by atoms with van der Waals surface area (Å²) in [5.74, 6) is 2.42.